The highest BCUT2D eigenvalue weighted by Crippen LogP contribution is 2.20. The topological polar surface area (TPSA) is 116 Å². The van der Waals surface area contributed by atoms with E-state index in [4.69, 9.17) is 10.5 Å². The third-order valence-corrected chi connectivity index (χ3v) is 3.72. The summed E-state index contributed by atoms with van der Waals surface area (Å²) in [6.45, 7) is 4.04. The van der Waals surface area contributed by atoms with E-state index in [0.29, 0.717) is 29.3 Å². The Labute approximate surface area is 143 Å². The Morgan fingerprint density at radius 1 is 1.36 bits per heavy atom. The molecule has 0 unspecified atom stereocenters. The van der Waals surface area contributed by atoms with Gasteiger partial charge in [0.2, 0.25) is 0 Å². The summed E-state index contributed by atoms with van der Waals surface area (Å²) in [5, 5.41) is 0. The van der Waals surface area contributed by atoms with Crippen LogP contribution < -0.4 is 16.2 Å². The minimum atomic E-state index is -0.712. The van der Waals surface area contributed by atoms with Crippen LogP contribution >= 0.6 is 0 Å². The van der Waals surface area contributed by atoms with Gasteiger partial charge in [-0.25, -0.2) is 19.3 Å². The van der Waals surface area contributed by atoms with Crippen LogP contribution in [0.5, 0.6) is 5.75 Å². The maximum absolute atomic E-state index is 12.5. The summed E-state index contributed by atoms with van der Waals surface area (Å²) < 4.78 is 6.60. The van der Waals surface area contributed by atoms with Crippen LogP contribution in [0.25, 0.3) is 16.9 Å². The fraction of sp³-hybridized carbons (Fsp3) is 0.294. The van der Waals surface area contributed by atoms with Gasteiger partial charge in [-0.3, -0.25) is 4.79 Å². The molecule has 25 heavy (non-hydrogen) atoms. The van der Waals surface area contributed by atoms with Crippen LogP contribution in [0.4, 0.5) is 0 Å². The highest BCUT2D eigenvalue weighted by Gasteiger charge is 2.20. The molecular weight excluding hydrogens is 322 g/mol. The van der Waals surface area contributed by atoms with E-state index in [1.807, 2.05) is 13.8 Å². The number of hydrogen-bond acceptors (Lipinski definition) is 5. The molecule has 0 saturated carbocycles. The van der Waals surface area contributed by atoms with Crippen molar-refractivity contribution in [3.05, 3.63) is 46.3 Å². The van der Waals surface area contributed by atoms with Crippen LogP contribution in [-0.2, 0) is 6.42 Å². The van der Waals surface area contributed by atoms with Crippen LogP contribution in [0.15, 0.2) is 29.1 Å². The summed E-state index contributed by atoms with van der Waals surface area (Å²) in [7, 11) is 1.55. The molecule has 0 fully saturated rings. The number of primary amides is 1. The summed E-state index contributed by atoms with van der Waals surface area (Å²) in [5.74, 6) is 0.642. The van der Waals surface area contributed by atoms with Crippen molar-refractivity contribution in [2.75, 3.05) is 7.11 Å². The van der Waals surface area contributed by atoms with E-state index in [2.05, 4.69) is 15.0 Å². The summed E-state index contributed by atoms with van der Waals surface area (Å²) >= 11 is 0. The SMILES string of the molecule is COc1cccc(-n2c(=O)[nH]c3c(C(N)=O)nc(CC(C)C)nc32)c1. The molecule has 2 heterocycles. The molecule has 0 saturated heterocycles. The van der Waals surface area contributed by atoms with Gasteiger partial charge in [0.1, 0.15) is 17.1 Å². The molecule has 2 aromatic heterocycles. The number of methoxy groups -OCH3 is 1. The van der Waals surface area contributed by atoms with Crippen molar-refractivity contribution in [1.82, 2.24) is 19.5 Å². The molecule has 1 amide bonds. The summed E-state index contributed by atoms with van der Waals surface area (Å²) in [6, 6.07) is 7.01. The minimum Gasteiger partial charge on any atom is -0.497 e. The lowest BCUT2D eigenvalue weighted by molar-refractivity contribution is 0.0996. The zero-order valence-corrected chi connectivity index (χ0v) is 14.2. The van der Waals surface area contributed by atoms with Gasteiger partial charge in [0.25, 0.3) is 5.91 Å². The Hall–Kier alpha value is -3.16. The van der Waals surface area contributed by atoms with Gasteiger partial charge in [-0.05, 0) is 18.1 Å². The second-order valence-corrected chi connectivity index (χ2v) is 6.12. The number of nitrogens with two attached hydrogens (primary N) is 1. The first kappa shape index (κ1) is 16.7. The van der Waals surface area contributed by atoms with Crippen molar-refractivity contribution in [3.8, 4) is 11.4 Å². The number of aromatic amines is 1. The number of aromatic nitrogens is 4. The van der Waals surface area contributed by atoms with Crippen molar-refractivity contribution in [2.24, 2.45) is 11.7 Å². The lowest BCUT2D eigenvalue weighted by atomic mass is 10.1. The van der Waals surface area contributed by atoms with E-state index in [9.17, 15) is 9.59 Å². The highest BCUT2D eigenvalue weighted by molar-refractivity contribution is 6.01. The Morgan fingerprint density at radius 3 is 2.76 bits per heavy atom. The zero-order valence-electron chi connectivity index (χ0n) is 14.2. The van der Waals surface area contributed by atoms with Gasteiger partial charge in [0.05, 0.1) is 12.8 Å². The smallest absolute Gasteiger partial charge is 0.332 e. The Balaban J connectivity index is 2.32. The van der Waals surface area contributed by atoms with Crippen molar-refractivity contribution >= 4 is 17.1 Å². The summed E-state index contributed by atoms with van der Waals surface area (Å²) in [6.07, 6.45) is 0.563. The average molecular weight is 341 g/mol. The number of nitrogens with zero attached hydrogens (tertiary/aromatic N) is 3. The number of hydrogen-bond donors (Lipinski definition) is 2. The van der Waals surface area contributed by atoms with E-state index in [1.54, 1.807) is 31.4 Å². The molecule has 3 aromatic rings. The molecule has 8 nitrogen and oxygen atoms in total. The molecule has 8 heteroatoms. The van der Waals surface area contributed by atoms with Gasteiger partial charge in [0.15, 0.2) is 11.3 Å². The van der Waals surface area contributed by atoms with Gasteiger partial charge in [-0.2, -0.15) is 0 Å². The molecule has 0 atom stereocenters. The second kappa shape index (κ2) is 6.39. The molecule has 0 aliphatic carbocycles. The number of H-pyrrole nitrogens is 1. The van der Waals surface area contributed by atoms with Crippen LogP contribution in [0.3, 0.4) is 0 Å². The van der Waals surface area contributed by atoms with Gasteiger partial charge in [0, 0.05) is 12.5 Å². The van der Waals surface area contributed by atoms with Gasteiger partial charge < -0.3 is 15.5 Å². The maximum Gasteiger partial charge on any atom is 0.332 e. The number of carbonyl (C=O) groups is 1. The Kier molecular flexibility index (Phi) is 4.26. The third kappa shape index (κ3) is 3.10. The van der Waals surface area contributed by atoms with Gasteiger partial charge in [-0.15, -0.1) is 0 Å². The molecule has 0 bridgehead atoms. The average Bonchev–Trinajstić information content (AvgIpc) is 2.89. The number of imidazole rings is 1. The largest absolute Gasteiger partial charge is 0.497 e. The fourth-order valence-corrected chi connectivity index (χ4v) is 2.65. The number of ether oxygens (including phenoxy) is 1. The normalized spacial score (nSPS) is 11.2. The summed E-state index contributed by atoms with van der Waals surface area (Å²) in [4.78, 5) is 35.6. The molecule has 0 aliphatic heterocycles. The zero-order chi connectivity index (χ0) is 18.1. The highest BCUT2D eigenvalue weighted by atomic mass is 16.5. The fourth-order valence-electron chi connectivity index (χ4n) is 2.65. The number of nitrogens with one attached hydrogen (secondary N) is 1. The van der Waals surface area contributed by atoms with Gasteiger partial charge >= 0.3 is 5.69 Å². The van der Waals surface area contributed by atoms with Crippen LogP contribution in [0.2, 0.25) is 0 Å². The number of amides is 1. The quantitative estimate of drug-likeness (QED) is 0.728. The van der Waals surface area contributed by atoms with Crippen LogP contribution in [0, 0.1) is 5.92 Å². The summed E-state index contributed by atoms with van der Waals surface area (Å²) in [5.41, 5.74) is 6.14. The molecular formula is C17H19N5O3. The van der Waals surface area contributed by atoms with Crippen molar-refractivity contribution < 1.29 is 9.53 Å². The molecule has 3 N–H and O–H groups in total. The van der Waals surface area contributed by atoms with Crippen LogP contribution in [-0.4, -0.2) is 32.5 Å². The lowest BCUT2D eigenvalue weighted by Gasteiger charge is -2.08. The monoisotopic (exact) mass is 341 g/mol. The first-order valence-corrected chi connectivity index (χ1v) is 7.86. The molecule has 130 valence electrons. The molecule has 1 aromatic carbocycles. The van der Waals surface area contributed by atoms with Crippen LogP contribution in [0.1, 0.15) is 30.2 Å². The third-order valence-electron chi connectivity index (χ3n) is 3.72. The first-order valence-electron chi connectivity index (χ1n) is 7.86. The Bertz CT molecular complexity index is 1000. The minimum absolute atomic E-state index is 0.0133. The molecule has 3 rings (SSSR count). The van der Waals surface area contributed by atoms with Crippen molar-refractivity contribution in [2.45, 2.75) is 20.3 Å². The van der Waals surface area contributed by atoms with E-state index < -0.39 is 11.6 Å². The van der Waals surface area contributed by atoms with E-state index in [0.717, 1.165) is 0 Å². The molecule has 0 radical (unpaired) electrons. The standard InChI is InChI=1S/C17H19N5O3/c1-9(2)7-12-19-13(15(18)23)14-16(20-12)22(17(24)21-14)10-5-4-6-11(8-10)25-3/h4-6,8-9H,7H2,1-3H3,(H2,18,23)(H,21,24). The van der Waals surface area contributed by atoms with E-state index in [1.165, 1.54) is 4.57 Å². The van der Waals surface area contributed by atoms with E-state index >= 15 is 0 Å². The number of fused-ring (bicyclic) bond motifs is 1. The second-order valence-electron chi connectivity index (χ2n) is 6.12. The lowest BCUT2D eigenvalue weighted by Crippen LogP contribution is -2.17. The molecule has 0 spiro atoms. The first-order chi connectivity index (χ1) is 11.9. The maximum atomic E-state index is 12.5. The van der Waals surface area contributed by atoms with Gasteiger partial charge in [-0.1, -0.05) is 19.9 Å². The molecule has 0 aliphatic rings. The van der Waals surface area contributed by atoms with E-state index in [-0.39, 0.29) is 17.1 Å². The predicted molar refractivity (Wildman–Crippen MR) is 93.1 cm³/mol. The Morgan fingerprint density at radius 2 is 2.12 bits per heavy atom. The van der Waals surface area contributed by atoms with Crippen molar-refractivity contribution in [3.63, 3.8) is 0 Å². The number of carbonyl (C=O) groups excluding carboxylic acids is 1. The number of rotatable bonds is 5. The van der Waals surface area contributed by atoms with Crippen molar-refractivity contribution in [1.29, 1.82) is 0 Å². The number of benzene rings is 1. The predicted octanol–water partition coefficient (Wildman–Crippen LogP) is 1.41.